The smallest absolute Gasteiger partial charge is 0.313 e. The number of benzene rings is 1. The molecule has 0 aliphatic heterocycles. The first-order valence-corrected chi connectivity index (χ1v) is 12.8. The molecule has 0 aliphatic rings. The lowest BCUT2D eigenvalue weighted by Crippen LogP contribution is -2.35. The van der Waals surface area contributed by atoms with Crippen molar-refractivity contribution in [3.05, 3.63) is 12.1 Å². The van der Waals surface area contributed by atoms with Gasteiger partial charge in [-0.2, -0.15) is 0 Å². The predicted octanol–water partition coefficient (Wildman–Crippen LogP) is 6.12. The van der Waals surface area contributed by atoms with E-state index in [2.05, 4.69) is 17.6 Å². The number of hydrogen-bond acceptors (Lipinski definition) is 5. The molecule has 0 bridgehead atoms. The molecule has 2 amide bonds. The number of phenols is 3. The number of anilines is 1. The van der Waals surface area contributed by atoms with Gasteiger partial charge in [-0.05, 0) is 6.42 Å². The summed E-state index contributed by atoms with van der Waals surface area (Å²) in [6, 6.07) is 2.10. The lowest BCUT2D eigenvalue weighted by molar-refractivity contribution is -0.136. The minimum atomic E-state index is -0.893. The van der Waals surface area contributed by atoms with Gasteiger partial charge in [-0.1, -0.05) is 103 Å². The van der Waals surface area contributed by atoms with Crippen molar-refractivity contribution in [2.75, 3.05) is 11.9 Å². The predicted molar refractivity (Wildman–Crippen MR) is 133 cm³/mol. The normalized spacial score (nSPS) is 10.8. The Bertz CT molecular complexity index is 670. The summed E-state index contributed by atoms with van der Waals surface area (Å²) in [7, 11) is 0. The lowest BCUT2D eigenvalue weighted by Gasteiger charge is -2.08. The maximum absolute atomic E-state index is 11.9. The molecule has 1 aromatic carbocycles. The quantitative estimate of drug-likeness (QED) is 0.0776. The van der Waals surface area contributed by atoms with Crippen molar-refractivity contribution in [3.63, 3.8) is 0 Å². The largest absolute Gasteiger partial charge is 0.504 e. The summed E-state index contributed by atoms with van der Waals surface area (Å²) >= 11 is 0. The molecule has 0 atom stereocenters. The fourth-order valence-corrected chi connectivity index (χ4v) is 3.82. The third kappa shape index (κ3) is 13.6. The maximum Gasteiger partial charge on any atom is 0.313 e. The molecule has 0 fully saturated rings. The van der Waals surface area contributed by atoms with Gasteiger partial charge in [0.15, 0.2) is 17.2 Å². The molecule has 1 aromatic rings. The minimum Gasteiger partial charge on any atom is -0.504 e. The molecule has 7 heteroatoms. The molecule has 5 N–H and O–H groups in total. The average molecular weight is 465 g/mol. The van der Waals surface area contributed by atoms with Crippen LogP contribution in [0.3, 0.4) is 0 Å². The average Bonchev–Trinajstić information content (AvgIpc) is 2.79. The van der Waals surface area contributed by atoms with E-state index in [0.717, 1.165) is 31.4 Å². The van der Waals surface area contributed by atoms with E-state index in [1.807, 2.05) is 0 Å². The molecule has 0 unspecified atom stereocenters. The second kappa shape index (κ2) is 18.0. The van der Waals surface area contributed by atoms with Gasteiger partial charge in [0.25, 0.3) is 0 Å². The van der Waals surface area contributed by atoms with Crippen LogP contribution < -0.4 is 10.6 Å². The number of rotatable bonds is 18. The third-order valence-electron chi connectivity index (χ3n) is 5.85. The van der Waals surface area contributed by atoms with Crippen LogP contribution >= 0.6 is 0 Å². The number of aromatic hydroxyl groups is 3. The van der Waals surface area contributed by atoms with Gasteiger partial charge in [0.1, 0.15) is 0 Å². The van der Waals surface area contributed by atoms with Gasteiger partial charge >= 0.3 is 11.8 Å². The number of carbonyl (C=O) groups excluding carboxylic acids is 2. The molecule has 0 radical (unpaired) electrons. The number of unbranched alkanes of at least 4 members (excludes halogenated alkanes) is 15. The fraction of sp³-hybridized carbons (Fsp3) is 0.692. The molecular weight excluding hydrogens is 420 g/mol. The first-order chi connectivity index (χ1) is 16.0. The summed E-state index contributed by atoms with van der Waals surface area (Å²) in [4.78, 5) is 23.7. The maximum atomic E-state index is 11.9. The standard InChI is InChI=1S/C26H44N2O5/c1-2-3-4-5-6-7-8-9-10-11-12-13-14-15-16-17-18-27-25(32)26(33)28-21-19-22(29)24(31)23(30)20-21/h19-20,29-31H,2-18H2,1H3,(H,27,32)(H,28,33). The third-order valence-corrected chi connectivity index (χ3v) is 5.85. The molecular formula is C26H44N2O5. The molecule has 7 nitrogen and oxygen atoms in total. The monoisotopic (exact) mass is 464 g/mol. The second-order valence-electron chi connectivity index (χ2n) is 8.88. The van der Waals surface area contributed by atoms with Crippen molar-refractivity contribution in [2.45, 2.75) is 110 Å². The molecule has 1 rings (SSSR count). The second-order valence-corrected chi connectivity index (χ2v) is 8.88. The van der Waals surface area contributed by atoms with Gasteiger partial charge in [0.2, 0.25) is 0 Å². The molecule has 0 aliphatic carbocycles. The van der Waals surface area contributed by atoms with Crippen molar-refractivity contribution < 1.29 is 24.9 Å². The van der Waals surface area contributed by atoms with Gasteiger partial charge in [0.05, 0.1) is 0 Å². The molecule has 33 heavy (non-hydrogen) atoms. The van der Waals surface area contributed by atoms with Crippen molar-refractivity contribution in [1.29, 1.82) is 0 Å². The van der Waals surface area contributed by atoms with E-state index in [4.69, 9.17) is 0 Å². The lowest BCUT2D eigenvalue weighted by atomic mass is 10.0. The zero-order chi connectivity index (χ0) is 24.3. The van der Waals surface area contributed by atoms with Crippen LogP contribution in [0.5, 0.6) is 17.2 Å². The number of hydrogen-bond donors (Lipinski definition) is 5. The number of phenolic OH excluding ortho intramolecular Hbond substituents is 3. The molecule has 0 heterocycles. The van der Waals surface area contributed by atoms with E-state index in [1.54, 1.807) is 0 Å². The highest BCUT2D eigenvalue weighted by molar-refractivity contribution is 6.39. The highest BCUT2D eigenvalue weighted by atomic mass is 16.3. The SMILES string of the molecule is CCCCCCCCCCCCCCCCCCNC(=O)C(=O)Nc1cc(O)c(O)c(O)c1. The van der Waals surface area contributed by atoms with Gasteiger partial charge in [0, 0.05) is 24.4 Å². The van der Waals surface area contributed by atoms with E-state index in [1.165, 1.54) is 83.5 Å². The Morgan fingerprint density at radius 1 is 0.636 bits per heavy atom. The van der Waals surface area contributed by atoms with Crippen LogP contribution in [-0.2, 0) is 9.59 Å². The molecule has 0 spiro atoms. The van der Waals surface area contributed by atoms with Crippen LogP contribution in [0.2, 0.25) is 0 Å². The van der Waals surface area contributed by atoms with E-state index < -0.39 is 29.1 Å². The number of amides is 2. The van der Waals surface area contributed by atoms with Gasteiger partial charge < -0.3 is 26.0 Å². The van der Waals surface area contributed by atoms with Gasteiger partial charge in [-0.3, -0.25) is 9.59 Å². The Kier molecular flexibility index (Phi) is 15.6. The van der Waals surface area contributed by atoms with Crippen LogP contribution in [-0.4, -0.2) is 33.7 Å². The molecule has 0 saturated heterocycles. The minimum absolute atomic E-state index is 0.0189. The van der Waals surface area contributed by atoms with Crippen LogP contribution in [0.25, 0.3) is 0 Å². The summed E-state index contributed by atoms with van der Waals surface area (Å²) in [5.74, 6) is -3.52. The van der Waals surface area contributed by atoms with E-state index in [9.17, 15) is 24.9 Å². The summed E-state index contributed by atoms with van der Waals surface area (Å²) in [5, 5.41) is 33.0. The fourth-order valence-electron chi connectivity index (χ4n) is 3.82. The molecule has 188 valence electrons. The van der Waals surface area contributed by atoms with Gasteiger partial charge in [-0.15, -0.1) is 0 Å². The Labute approximate surface area is 199 Å². The summed E-state index contributed by atoms with van der Waals surface area (Å²) < 4.78 is 0. The summed E-state index contributed by atoms with van der Waals surface area (Å²) in [6.07, 6.45) is 20.5. The van der Waals surface area contributed by atoms with Crippen molar-refractivity contribution >= 4 is 17.5 Å². The van der Waals surface area contributed by atoms with Crippen molar-refractivity contribution in [3.8, 4) is 17.2 Å². The topological polar surface area (TPSA) is 119 Å². The molecule has 0 saturated carbocycles. The first-order valence-electron chi connectivity index (χ1n) is 12.8. The van der Waals surface area contributed by atoms with Crippen molar-refractivity contribution in [1.82, 2.24) is 5.32 Å². The van der Waals surface area contributed by atoms with Crippen LogP contribution in [0.1, 0.15) is 110 Å². The highest BCUT2D eigenvalue weighted by Crippen LogP contribution is 2.37. The number of nitrogens with one attached hydrogen (secondary N) is 2. The molecule has 0 aromatic heterocycles. The van der Waals surface area contributed by atoms with Crippen LogP contribution in [0.15, 0.2) is 12.1 Å². The zero-order valence-electron chi connectivity index (χ0n) is 20.3. The summed E-state index contributed by atoms with van der Waals surface area (Å²) in [6.45, 7) is 2.69. The van der Waals surface area contributed by atoms with Crippen LogP contribution in [0, 0.1) is 0 Å². The van der Waals surface area contributed by atoms with Crippen molar-refractivity contribution in [2.24, 2.45) is 0 Å². The van der Waals surface area contributed by atoms with Crippen LogP contribution in [0.4, 0.5) is 5.69 Å². The Hall–Kier alpha value is -2.44. The van der Waals surface area contributed by atoms with Gasteiger partial charge in [-0.25, -0.2) is 0 Å². The number of carbonyl (C=O) groups is 2. The highest BCUT2D eigenvalue weighted by Gasteiger charge is 2.15. The van der Waals surface area contributed by atoms with E-state index >= 15 is 0 Å². The van der Waals surface area contributed by atoms with E-state index in [0.29, 0.717) is 6.54 Å². The Balaban J connectivity index is 1.93. The zero-order valence-corrected chi connectivity index (χ0v) is 20.3. The Morgan fingerprint density at radius 3 is 1.45 bits per heavy atom. The first kappa shape index (κ1) is 28.6. The van der Waals surface area contributed by atoms with E-state index in [-0.39, 0.29) is 5.69 Å². The summed E-state index contributed by atoms with van der Waals surface area (Å²) in [5.41, 5.74) is 0.0189. The Morgan fingerprint density at radius 2 is 1.03 bits per heavy atom.